The second-order valence-electron chi connectivity index (χ2n) is 12.4. The highest BCUT2D eigenvalue weighted by atomic mass is 16.5. The number of rotatable bonds is 4. The van der Waals surface area contributed by atoms with E-state index in [0.29, 0.717) is 5.69 Å². The number of hydrogen-bond donors (Lipinski definition) is 0. The van der Waals surface area contributed by atoms with E-state index >= 15 is 0 Å². The molecule has 7 heteroatoms. The van der Waals surface area contributed by atoms with Gasteiger partial charge in [-0.2, -0.15) is 0 Å². The third-order valence-electron chi connectivity index (χ3n) is 9.72. The Kier molecular flexibility index (Phi) is 5.88. The maximum absolute atomic E-state index is 14.1. The Morgan fingerprint density at radius 2 is 1.23 bits per heavy atom. The van der Waals surface area contributed by atoms with Gasteiger partial charge >= 0.3 is 5.97 Å². The van der Waals surface area contributed by atoms with Crippen molar-refractivity contribution < 1.29 is 23.9 Å². The predicted octanol–water partition coefficient (Wildman–Crippen LogP) is 5.66. The molecule has 0 saturated carbocycles. The summed E-state index contributed by atoms with van der Waals surface area (Å²) in [4.78, 5) is 57.2. The SMILES string of the molecule is Cc1cc(C)cc(N2C[C@H](C(=O)Oc3cccc(N4C(=O)[C@@H]5C6c7ccccc7C(c7ccccc76)[C@H]5C4=O)c3)CC2=O)c1. The van der Waals surface area contributed by atoms with Crippen molar-refractivity contribution in [2.24, 2.45) is 17.8 Å². The Morgan fingerprint density at radius 1 is 0.682 bits per heavy atom. The third-order valence-corrected chi connectivity index (χ3v) is 9.72. The van der Waals surface area contributed by atoms with E-state index in [4.69, 9.17) is 4.74 Å². The first kappa shape index (κ1) is 26.6. The molecule has 4 aromatic rings. The molecule has 0 radical (unpaired) electrons. The highest BCUT2D eigenvalue weighted by Crippen LogP contribution is 2.61. The number of carbonyl (C=O) groups is 4. The molecule has 7 nitrogen and oxygen atoms in total. The summed E-state index contributed by atoms with van der Waals surface area (Å²) in [5, 5.41) is 0. The monoisotopic (exact) mass is 582 g/mol. The molecule has 4 aromatic carbocycles. The van der Waals surface area contributed by atoms with E-state index in [1.165, 1.54) is 4.90 Å². The van der Waals surface area contributed by atoms with Gasteiger partial charge in [-0.05, 0) is 71.5 Å². The number of hydrogen-bond acceptors (Lipinski definition) is 5. The fourth-order valence-corrected chi connectivity index (χ4v) is 8.04. The average Bonchev–Trinajstić information content (AvgIpc) is 3.54. The summed E-state index contributed by atoms with van der Waals surface area (Å²) >= 11 is 0. The molecule has 3 atom stereocenters. The van der Waals surface area contributed by atoms with Crippen LogP contribution in [0.4, 0.5) is 11.4 Å². The smallest absolute Gasteiger partial charge is 0.316 e. The van der Waals surface area contributed by atoms with Gasteiger partial charge in [0, 0.05) is 36.6 Å². The number of imide groups is 1. The second-order valence-corrected chi connectivity index (χ2v) is 12.4. The summed E-state index contributed by atoms with van der Waals surface area (Å²) in [6.07, 6.45) is 0.0574. The van der Waals surface area contributed by atoms with Crippen LogP contribution in [0.5, 0.6) is 5.75 Å². The standard InChI is InChI=1S/C37H30N2O5/c1-20-14-21(2)16-24(15-20)38-19-22(17-30(38)40)37(43)44-25-9-7-8-23(18-25)39-35(41)33-31-26-10-3-4-11-27(26)32(34(33)36(39)42)29-13-6-5-12-28(29)31/h3-16,18,22,31-34H,17,19H2,1-2H3/t22-,31?,32?,33-,34-/m1/s1. The predicted molar refractivity (Wildman–Crippen MR) is 164 cm³/mol. The second kappa shape index (κ2) is 9.74. The molecule has 2 aliphatic heterocycles. The molecule has 2 bridgehead atoms. The van der Waals surface area contributed by atoms with Crippen LogP contribution in [0.15, 0.2) is 91.0 Å². The van der Waals surface area contributed by atoms with Gasteiger partial charge in [-0.1, -0.05) is 60.7 Å². The summed E-state index contributed by atoms with van der Waals surface area (Å²) in [5.41, 5.74) is 7.70. The van der Waals surface area contributed by atoms with Crippen LogP contribution >= 0.6 is 0 Å². The van der Waals surface area contributed by atoms with E-state index in [1.54, 1.807) is 29.2 Å². The van der Waals surface area contributed by atoms with Crippen LogP contribution in [-0.2, 0) is 19.2 Å². The number of esters is 1. The van der Waals surface area contributed by atoms with E-state index in [1.807, 2.05) is 56.3 Å². The molecular weight excluding hydrogens is 552 g/mol. The zero-order chi connectivity index (χ0) is 30.3. The van der Waals surface area contributed by atoms with Crippen LogP contribution in [0.2, 0.25) is 0 Å². The highest BCUT2D eigenvalue weighted by Gasteiger charge is 2.61. The van der Waals surface area contributed by atoms with Gasteiger partial charge in [0.15, 0.2) is 0 Å². The third kappa shape index (κ3) is 3.88. The summed E-state index contributed by atoms with van der Waals surface area (Å²) in [7, 11) is 0. The summed E-state index contributed by atoms with van der Waals surface area (Å²) < 4.78 is 5.76. The molecule has 3 aliphatic carbocycles. The van der Waals surface area contributed by atoms with Crippen LogP contribution in [0.25, 0.3) is 0 Å². The lowest BCUT2D eigenvalue weighted by molar-refractivity contribution is -0.139. The van der Waals surface area contributed by atoms with Crippen LogP contribution in [0, 0.1) is 31.6 Å². The summed E-state index contributed by atoms with van der Waals surface area (Å²) in [5.74, 6) is -2.88. The molecule has 0 unspecified atom stereocenters. The van der Waals surface area contributed by atoms with E-state index in [-0.39, 0.29) is 48.3 Å². The van der Waals surface area contributed by atoms with Gasteiger partial charge in [0.25, 0.3) is 0 Å². The number of ether oxygens (including phenoxy) is 1. The number of anilines is 2. The normalized spacial score (nSPS) is 24.8. The maximum atomic E-state index is 14.1. The molecule has 0 spiro atoms. The van der Waals surface area contributed by atoms with Crippen molar-refractivity contribution in [3.05, 3.63) is 124 Å². The minimum atomic E-state index is -0.627. The van der Waals surface area contributed by atoms with Crippen molar-refractivity contribution in [1.82, 2.24) is 0 Å². The van der Waals surface area contributed by atoms with Gasteiger partial charge in [-0.25, -0.2) is 4.90 Å². The lowest BCUT2D eigenvalue weighted by Gasteiger charge is -2.45. The molecule has 9 rings (SSSR count). The van der Waals surface area contributed by atoms with Crippen molar-refractivity contribution in [3.8, 4) is 5.75 Å². The molecule has 44 heavy (non-hydrogen) atoms. The fraction of sp³-hybridized carbons (Fsp3) is 0.243. The molecule has 2 saturated heterocycles. The first-order valence-electron chi connectivity index (χ1n) is 15.1. The van der Waals surface area contributed by atoms with Gasteiger partial charge in [0.05, 0.1) is 23.4 Å². The van der Waals surface area contributed by atoms with Crippen LogP contribution in [-0.4, -0.2) is 30.2 Å². The lowest BCUT2D eigenvalue weighted by Crippen LogP contribution is -2.41. The van der Waals surface area contributed by atoms with Crippen molar-refractivity contribution in [2.45, 2.75) is 32.1 Å². The highest BCUT2D eigenvalue weighted by molar-refractivity contribution is 6.23. The Balaban J connectivity index is 1.06. The van der Waals surface area contributed by atoms with Gasteiger partial charge in [-0.3, -0.25) is 19.2 Å². The number of carbonyl (C=O) groups excluding carboxylic acids is 4. The molecular formula is C37H30N2O5. The average molecular weight is 583 g/mol. The number of amides is 3. The van der Waals surface area contributed by atoms with Gasteiger partial charge in [-0.15, -0.1) is 0 Å². The zero-order valence-electron chi connectivity index (χ0n) is 24.4. The quantitative estimate of drug-likeness (QED) is 0.176. The minimum absolute atomic E-state index is 0.0574. The van der Waals surface area contributed by atoms with Crippen molar-refractivity contribution >= 4 is 35.1 Å². The first-order valence-corrected chi connectivity index (χ1v) is 15.1. The maximum Gasteiger partial charge on any atom is 0.316 e. The van der Waals surface area contributed by atoms with E-state index < -0.39 is 23.7 Å². The molecule has 0 aromatic heterocycles. The molecule has 218 valence electrons. The van der Waals surface area contributed by atoms with Crippen LogP contribution in [0.3, 0.4) is 0 Å². The zero-order valence-corrected chi connectivity index (χ0v) is 24.4. The van der Waals surface area contributed by atoms with Crippen LogP contribution < -0.4 is 14.5 Å². The summed E-state index contributed by atoms with van der Waals surface area (Å²) in [6, 6.07) is 28.8. The van der Waals surface area contributed by atoms with Crippen molar-refractivity contribution in [3.63, 3.8) is 0 Å². The minimum Gasteiger partial charge on any atom is -0.426 e. The first-order chi connectivity index (χ1) is 21.3. The van der Waals surface area contributed by atoms with Crippen molar-refractivity contribution in [1.29, 1.82) is 0 Å². The molecule has 3 amide bonds. The lowest BCUT2D eigenvalue weighted by atomic mass is 9.55. The number of aryl methyl sites for hydroxylation is 2. The fourth-order valence-electron chi connectivity index (χ4n) is 8.04. The molecule has 2 heterocycles. The summed E-state index contributed by atoms with van der Waals surface area (Å²) in [6.45, 7) is 4.18. The van der Waals surface area contributed by atoms with Gasteiger partial charge in [0.1, 0.15) is 5.75 Å². The largest absolute Gasteiger partial charge is 0.426 e. The van der Waals surface area contributed by atoms with Crippen LogP contribution in [0.1, 0.15) is 51.6 Å². The molecule has 5 aliphatic rings. The Morgan fingerprint density at radius 3 is 1.77 bits per heavy atom. The Labute approximate surface area is 255 Å². The van der Waals surface area contributed by atoms with Gasteiger partial charge < -0.3 is 9.64 Å². The molecule has 2 fully saturated rings. The Hall–Kier alpha value is -5.04. The van der Waals surface area contributed by atoms with E-state index in [9.17, 15) is 19.2 Å². The molecule has 0 N–H and O–H groups in total. The van der Waals surface area contributed by atoms with E-state index in [0.717, 1.165) is 39.1 Å². The topological polar surface area (TPSA) is 84.0 Å². The number of benzene rings is 4. The van der Waals surface area contributed by atoms with Gasteiger partial charge in [0.2, 0.25) is 17.7 Å². The number of nitrogens with zero attached hydrogens (tertiary/aromatic N) is 2. The Bertz CT molecular complexity index is 1780. The van der Waals surface area contributed by atoms with E-state index in [2.05, 4.69) is 24.3 Å². The van der Waals surface area contributed by atoms with Crippen molar-refractivity contribution in [2.75, 3.05) is 16.3 Å².